The third-order valence-electron chi connectivity index (χ3n) is 6.50. The number of ether oxygens (including phenoxy) is 1. The van der Waals surface area contributed by atoms with E-state index in [1.54, 1.807) is 18.1 Å². The van der Waals surface area contributed by atoms with Crippen LogP contribution in [-0.2, 0) is 4.74 Å². The van der Waals surface area contributed by atoms with Crippen molar-refractivity contribution in [1.29, 1.82) is 0 Å². The zero-order valence-corrected chi connectivity index (χ0v) is 19.8. The Labute approximate surface area is 208 Å². The largest absolute Gasteiger partial charge is 0.378 e. The van der Waals surface area contributed by atoms with E-state index in [0.29, 0.717) is 26.3 Å². The molecule has 36 heavy (non-hydrogen) atoms. The van der Waals surface area contributed by atoms with E-state index in [1.165, 1.54) is 0 Å². The van der Waals surface area contributed by atoms with Gasteiger partial charge in [0.2, 0.25) is 0 Å². The van der Waals surface area contributed by atoms with E-state index in [9.17, 15) is 4.79 Å². The van der Waals surface area contributed by atoms with E-state index in [0.717, 1.165) is 45.1 Å². The minimum atomic E-state index is -0.0226. The topological polar surface area (TPSA) is 91.6 Å². The van der Waals surface area contributed by atoms with Crippen LogP contribution in [0.2, 0.25) is 0 Å². The summed E-state index contributed by atoms with van der Waals surface area (Å²) in [4.78, 5) is 25.3. The summed E-state index contributed by atoms with van der Waals surface area (Å²) in [5.74, 6) is 0. The monoisotopic (exact) mass is 479 g/mol. The second-order valence-corrected chi connectivity index (χ2v) is 8.65. The first-order valence-corrected chi connectivity index (χ1v) is 11.8. The number of carbonyl (C=O) groups excluding carboxylic acids is 1. The normalized spacial score (nSPS) is 13.8. The van der Waals surface area contributed by atoms with Gasteiger partial charge in [0.05, 0.1) is 42.7 Å². The summed E-state index contributed by atoms with van der Waals surface area (Å²) in [5.41, 5.74) is 7.33. The number of pyridine rings is 2. The minimum Gasteiger partial charge on any atom is -0.378 e. The van der Waals surface area contributed by atoms with E-state index in [-0.39, 0.29) is 6.03 Å². The molecule has 0 spiro atoms. The van der Waals surface area contributed by atoms with Gasteiger partial charge in [0.15, 0.2) is 0 Å². The standard InChI is InChI=1S/C27H25N7O2/c1-32(27(35)33-12-14-36-15-13-33)21-8-5-19(6-9-21)26-22(16-30-31-26)20-7-10-25-29-17-24(34(25)18-20)23-4-2-3-11-28-23/h2-11,16-18H,12-15H2,1H3,(H,30,31). The smallest absolute Gasteiger partial charge is 0.324 e. The summed E-state index contributed by atoms with van der Waals surface area (Å²) in [5, 5.41) is 7.47. The average Bonchev–Trinajstić information content (AvgIpc) is 3.60. The van der Waals surface area contributed by atoms with Crippen molar-refractivity contribution in [3.8, 4) is 33.8 Å². The van der Waals surface area contributed by atoms with E-state index < -0.39 is 0 Å². The quantitative estimate of drug-likeness (QED) is 0.414. The number of rotatable bonds is 4. The summed E-state index contributed by atoms with van der Waals surface area (Å²) in [7, 11) is 1.80. The van der Waals surface area contributed by atoms with Gasteiger partial charge in [0.1, 0.15) is 5.65 Å². The molecule has 0 saturated carbocycles. The number of anilines is 1. The summed E-state index contributed by atoms with van der Waals surface area (Å²) >= 11 is 0. The van der Waals surface area contributed by atoms with Gasteiger partial charge >= 0.3 is 6.03 Å². The highest BCUT2D eigenvalue weighted by atomic mass is 16.5. The Hall–Kier alpha value is -4.50. The lowest BCUT2D eigenvalue weighted by Gasteiger charge is -2.31. The molecule has 1 aliphatic rings. The Morgan fingerprint density at radius 2 is 1.78 bits per heavy atom. The number of aromatic amines is 1. The van der Waals surface area contributed by atoms with Gasteiger partial charge in [-0.15, -0.1) is 0 Å². The first kappa shape index (κ1) is 22.0. The van der Waals surface area contributed by atoms with Gasteiger partial charge in [-0.1, -0.05) is 18.2 Å². The molecule has 1 N–H and O–H groups in total. The number of carbonyl (C=O) groups is 1. The van der Waals surface area contributed by atoms with Crippen LogP contribution in [0.5, 0.6) is 0 Å². The molecule has 0 bridgehead atoms. The summed E-state index contributed by atoms with van der Waals surface area (Å²) < 4.78 is 7.40. The fourth-order valence-corrected chi connectivity index (χ4v) is 4.50. The molecule has 5 aromatic rings. The minimum absolute atomic E-state index is 0.0226. The highest BCUT2D eigenvalue weighted by molar-refractivity contribution is 5.92. The van der Waals surface area contributed by atoms with Crippen molar-refractivity contribution in [3.05, 3.63) is 79.4 Å². The van der Waals surface area contributed by atoms with Crippen LogP contribution >= 0.6 is 0 Å². The van der Waals surface area contributed by atoms with Crippen molar-refractivity contribution in [2.24, 2.45) is 0 Å². The predicted molar refractivity (Wildman–Crippen MR) is 138 cm³/mol. The van der Waals surface area contributed by atoms with E-state index >= 15 is 0 Å². The van der Waals surface area contributed by atoms with E-state index in [1.807, 2.05) is 76.3 Å². The molecule has 1 aromatic carbocycles. The van der Waals surface area contributed by atoms with Gasteiger partial charge in [-0.3, -0.25) is 19.4 Å². The molecular formula is C27H25N7O2. The zero-order chi connectivity index (χ0) is 24.5. The molecule has 180 valence electrons. The third kappa shape index (κ3) is 3.99. The molecule has 2 amide bonds. The zero-order valence-electron chi connectivity index (χ0n) is 19.8. The highest BCUT2D eigenvalue weighted by Gasteiger charge is 2.21. The van der Waals surface area contributed by atoms with Crippen molar-refractivity contribution in [2.75, 3.05) is 38.3 Å². The Morgan fingerprint density at radius 3 is 2.56 bits per heavy atom. The number of aromatic nitrogens is 5. The SMILES string of the molecule is CN(C(=O)N1CCOCC1)c1ccc(-c2[nH]ncc2-c2ccc3ncc(-c4ccccn4)n3c2)cc1. The lowest BCUT2D eigenvalue weighted by Crippen LogP contribution is -2.47. The molecule has 0 aliphatic carbocycles. The number of hydrogen-bond donors (Lipinski definition) is 1. The average molecular weight is 480 g/mol. The Morgan fingerprint density at radius 1 is 0.972 bits per heavy atom. The lowest BCUT2D eigenvalue weighted by atomic mass is 10.0. The van der Waals surface area contributed by atoms with Crippen LogP contribution in [-0.4, -0.2) is 68.8 Å². The van der Waals surface area contributed by atoms with Crippen LogP contribution in [0.25, 0.3) is 39.4 Å². The summed E-state index contributed by atoms with van der Waals surface area (Å²) in [6.07, 6.45) is 7.51. The molecule has 0 radical (unpaired) electrons. The van der Waals surface area contributed by atoms with Crippen molar-refractivity contribution >= 4 is 17.4 Å². The predicted octanol–water partition coefficient (Wildman–Crippen LogP) is 4.34. The van der Waals surface area contributed by atoms with Crippen molar-refractivity contribution in [1.82, 2.24) is 29.5 Å². The molecule has 1 fully saturated rings. The fourth-order valence-electron chi connectivity index (χ4n) is 4.50. The van der Waals surface area contributed by atoms with Gasteiger partial charge in [-0.05, 0) is 36.4 Å². The van der Waals surface area contributed by atoms with Gasteiger partial charge in [-0.25, -0.2) is 9.78 Å². The Balaban J connectivity index is 1.29. The number of amides is 2. The summed E-state index contributed by atoms with van der Waals surface area (Å²) in [6, 6.07) is 17.8. The summed E-state index contributed by atoms with van der Waals surface area (Å²) in [6.45, 7) is 2.38. The molecule has 5 heterocycles. The number of nitrogens with zero attached hydrogens (tertiary/aromatic N) is 6. The number of hydrogen-bond acceptors (Lipinski definition) is 5. The maximum Gasteiger partial charge on any atom is 0.324 e. The number of imidazole rings is 1. The van der Waals surface area contributed by atoms with Gasteiger partial charge in [0, 0.05) is 54.9 Å². The Kier molecular flexibility index (Phi) is 5.67. The maximum atomic E-state index is 12.8. The number of urea groups is 1. The third-order valence-corrected chi connectivity index (χ3v) is 6.50. The first-order valence-electron chi connectivity index (χ1n) is 11.8. The molecule has 0 atom stereocenters. The van der Waals surface area contributed by atoms with Gasteiger partial charge in [-0.2, -0.15) is 5.10 Å². The van der Waals surface area contributed by atoms with Gasteiger partial charge in [0.25, 0.3) is 0 Å². The van der Waals surface area contributed by atoms with Crippen molar-refractivity contribution in [2.45, 2.75) is 0 Å². The van der Waals surface area contributed by atoms with Crippen molar-refractivity contribution in [3.63, 3.8) is 0 Å². The second kappa shape index (κ2) is 9.27. The van der Waals surface area contributed by atoms with Crippen LogP contribution in [0, 0.1) is 0 Å². The van der Waals surface area contributed by atoms with Crippen molar-refractivity contribution < 1.29 is 9.53 Å². The number of benzene rings is 1. The molecule has 6 rings (SSSR count). The fraction of sp³-hybridized carbons (Fsp3) is 0.185. The molecule has 9 nitrogen and oxygen atoms in total. The lowest BCUT2D eigenvalue weighted by molar-refractivity contribution is 0.0551. The van der Waals surface area contributed by atoms with Crippen LogP contribution in [0.4, 0.5) is 10.5 Å². The number of nitrogens with one attached hydrogen (secondary N) is 1. The molecule has 4 aromatic heterocycles. The molecular weight excluding hydrogens is 454 g/mol. The van der Waals surface area contributed by atoms with Crippen LogP contribution < -0.4 is 4.90 Å². The van der Waals surface area contributed by atoms with Crippen LogP contribution in [0.15, 0.2) is 79.4 Å². The maximum absolute atomic E-state index is 12.8. The highest BCUT2D eigenvalue weighted by Crippen LogP contribution is 2.32. The molecule has 9 heteroatoms. The number of fused-ring (bicyclic) bond motifs is 1. The molecule has 1 aliphatic heterocycles. The Bertz CT molecular complexity index is 1500. The molecule has 0 unspecified atom stereocenters. The van der Waals surface area contributed by atoms with Gasteiger partial charge < -0.3 is 9.64 Å². The number of H-pyrrole nitrogens is 1. The first-order chi connectivity index (χ1) is 17.7. The number of morpholine rings is 1. The van der Waals surface area contributed by atoms with Crippen LogP contribution in [0.1, 0.15) is 0 Å². The molecule has 1 saturated heterocycles. The van der Waals surface area contributed by atoms with Crippen LogP contribution in [0.3, 0.4) is 0 Å². The second-order valence-electron chi connectivity index (χ2n) is 8.65. The van der Waals surface area contributed by atoms with E-state index in [2.05, 4.69) is 26.4 Å². The van der Waals surface area contributed by atoms with E-state index in [4.69, 9.17) is 4.74 Å².